The fraction of sp³-hybridized carbons (Fsp3) is 0.273. The van der Waals surface area contributed by atoms with Gasteiger partial charge in [0.2, 0.25) is 0 Å². The van der Waals surface area contributed by atoms with Crippen LogP contribution < -0.4 is 0 Å². The van der Waals surface area contributed by atoms with Crippen molar-refractivity contribution in [3.8, 4) is 0 Å². The molecule has 0 aliphatic heterocycles. The van der Waals surface area contributed by atoms with Crippen molar-refractivity contribution in [2.45, 2.75) is 0 Å². The molecular formula is C66H86N6. The van der Waals surface area contributed by atoms with E-state index in [9.17, 15) is 0 Å². The number of fused-ring (bicyclic) bond motifs is 7. The van der Waals surface area contributed by atoms with Gasteiger partial charge in [0.05, 0.1) is 0 Å². The average Bonchev–Trinajstić information content (AvgIpc) is 3.32. The summed E-state index contributed by atoms with van der Waals surface area (Å²) >= 11 is 0. The lowest BCUT2D eigenvalue weighted by Crippen LogP contribution is -1.99. The van der Waals surface area contributed by atoms with Gasteiger partial charge in [-0.3, -0.25) is 0 Å². The summed E-state index contributed by atoms with van der Waals surface area (Å²) in [5.41, 5.74) is 0. The largest absolute Gasteiger partial charge is 0.312 e. The number of hydrogen-bond donors (Lipinski definition) is 0. The zero-order valence-corrected chi connectivity index (χ0v) is 47.2. The van der Waals surface area contributed by atoms with E-state index in [-0.39, 0.29) is 0 Å². The molecule has 11 aromatic carbocycles. The van der Waals surface area contributed by atoms with Crippen LogP contribution in [-0.2, 0) is 0 Å². The zero-order valence-electron chi connectivity index (χ0n) is 47.2. The van der Waals surface area contributed by atoms with Crippen LogP contribution in [0.15, 0.2) is 194 Å². The maximum atomic E-state index is 2.24. The molecule has 6 heteroatoms. The van der Waals surface area contributed by atoms with Gasteiger partial charge in [-0.1, -0.05) is 182 Å². The normalized spacial score (nSPS) is 10.6. The Balaban J connectivity index is 0.000000235. The van der Waals surface area contributed by atoms with Gasteiger partial charge in [0, 0.05) is 0 Å². The second kappa shape index (κ2) is 31.1. The molecule has 6 nitrogen and oxygen atoms in total. The molecule has 72 heavy (non-hydrogen) atoms. The molecule has 0 spiro atoms. The molecular weight excluding hydrogens is 877 g/mol. The maximum Gasteiger partial charge on any atom is -0.00268 e. The van der Waals surface area contributed by atoms with Crippen LogP contribution in [0, 0.1) is 0 Å². The topological polar surface area (TPSA) is 19.4 Å². The van der Waals surface area contributed by atoms with Crippen LogP contribution in [0.25, 0.3) is 86.2 Å². The molecule has 0 aliphatic carbocycles. The molecule has 0 unspecified atom stereocenters. The van der Waals surface area contributed by atoms with Crippen LogP contribution in [0.1, 0.15) is 0 Å². The van der Waals surface area contributed by atoms with E-state index in [2.05, 4.69) is 194 Å². The summed E-state index contributed by atoms with van der Waals surface area (Å²) in [5, 5.41) is 21.3. The highest BCUT2D eigenvalue weighted by Gasteiger charge is 2.06. The molecule has 0 fully saturated rings. The summed E-state index contributed by atoms with van der Waals surface area (Å²) in [6.07, 6.45) is 0. The highest BCUT2D eigenvalue weighted by atomic mass is 15.0. The van der Waals surface area contributed by atoms with Crippen LogP contribution in [0.3, 0.4) is 0 Å². The minimum absolute atomic E-state index is 1.31. The number of nitrogens with zero attached hydrogens (tertiary/aromatic N) is 6. The Morgan fingerprint density at radius 3 is 0.583 bits per heavy atom. The summed E-state index contributed by atoms with van der Waals surface area (Å²) < 4.78 is 0. The lowest BCUT2D eigenvalue weighted by Gasteiger charge is -2.09. The van der Waals surface area contributed by atoms with Crippen molar-refractivity contribution in [1.82, 2.24) is 29.4 Å². The van der Waals surface area contributed by atoms with E-state index in [0.29, 0.717) is 0 Å². The second-order valence-corrected chi connectivity index (χ2v) is 20.6. The maximum absolute atomic E-state index is 2.24. The van der Waals surface area contributed by atoms with E-state index >= 15 is 0 Å². The first-order valence-corrected chi connectivity index (χ1v) is 24.6. The van der Waals surface area contributed by atoms with E-state index in [1.54, 1.807) is 0 Å². The molecule has 0 saturated heterocycles. The number of rotatable bonds is 0. The molecule has 0 aliphatic rings. The van der Waals surface area contributed by atoms with Gasteiger partial charge in [-0.2, -0.15) is 0 Å². The smallest absolute Gasteiger partial charge is 0.00268 e. The summed E-state index contributed by atoms with van der Waals surface area (Å²) in [6.45, 7) is 0. The average molecular weight is 963 g/mol. The van der Waals surface area contributed by atoms with E-state index in [0.717, 1.165) is 0 Å². The van der Waals surface area contributed by atoms with Crippen LogP contribution in [0.2, 0.25) is 0 Å². The van der Waals surface area contributed by atoms with Crippen LogP contribution in [0.5, 0.6) is 0 Å². The Hall–Kier alpha value is -6.48. The van der Waals surface area contributed by atoms with Crippen molar-refractivity contribution < 1.29 is 0 Å². The standard InChI is InChI=1S/C18H12.C16H10.C14H10.6C3H9N/c1-3-7-15-13(5-1)9-11-18-16-8-4-2-6-14(16)10-12-17(15)18;1-3-11-7-9-13-5-2-6-14-10-8-12(4-1)15(11)16(13)14;1-2-6-12-10-14-8-4-3-7-13(14)9-11(12)5-1;6*1-4(2)3/h1-12H;1-10H;1-10H;6*1-3H3. The van der Waals surface area contributed by atoms with Crippen molar-refractivity contribution in [2.75, 3.05) is 127 Å². The quantitative estimate of drug-likeness (QED) is 0.111. The van der Waals surface area contributed by atoms with Gasteiger partial charge in [-0.25, -0.2) is 0 Å². The minimum atomic E-state index is 1.31. The van der Waals surface area contributed by atoms with Gasteiger partial charge in [-0.15, -0.1) is 0 Å². The van der Waals surface area contributed by atoms with Crippen molar-refractivity contribution in [3.63, 3.8) is 0 Å². The highest BCUT2D eigenvalue weighted by Crippen LogP contribution is 2.34. The van der Waals surface area contributed by atoms with Gasteiger partial charge in [0.25, 0.3) is 0 Å². The van der Waals surface area contributed by atoms with Gasteiger partial charge in [-0.05, 0) is 225 Å². The first-order valence-electron chi connectivity index (χ1n) is 24.6. The van der Waals surface area contributed by atoms with Gasteiger partial charge >= 0.3 is 0 Å². The van der Waals surface area contributed by atoms with Crippen LogP contribution >= 0.6 is 0 Å². The molecule has 380 valence electrons. The SMILES string of the molecule is CN(C)C.CN(C)C.CN(C)C.CN(C)C.CN(C)C.CN(C)C.c1cc2ccc3cccc4ccc(c1)c2c34.c1ccc2c(c1)ccc1c3ccccc3ccc21.c1ccc2cc3ccccc3cc2c1. The molecule has 0 N–H and O–H groups in total. The van der Waals surface area contributed by atoms with Crippen LogP contribution in [0.4, 0.5) is 0 Å². The van der Waals surface area contributed by atoms with Gasteiger partial charge < -0.3 is 29.4 Å². The Labute approximate surface area is 434 Å². The fourth-order valence-corrected chi connectivity index (χ4v) is 7.32. The molecule has 0 bridgehead atoms. The summed E-state index contributed by atoms with van der Waals surface area (Å²) in [4.78, 5) is 12.0. The Bertz CT molecular complexity index is 2870. The highest BCUT2D eigenvalue weighted by molar-refractivity contribution is 6.23. The third kappa shape index (κ3) is 20.7. The van der Waals surface area contributed by atoms with E-state index in [1.807, 2.05) is 156 Å². The second-order valence-electron chi connectivity index (χ2n) is 20.6. The Morgan fingerprint density at radius 2 is 0.347 bits per heavy atom. The Morgan fingerprint density at radius 1 is 0.167 bits per heavy atom. The Kier molecular flexibility index (Phi) is 25.8. The molecule has 0 radical (unpaired) electrons. The molecule has 0 aromatic heterocycles. The fourth-order valence-electron chi connectivity index (χ4n) is 7.32. The first-order chi connectivity index (χ1) is 34.2. The predicted molar refractivity (Wildman–Crippen MR) is 328 cm³/mol. The lowest BCUT2D eigenvalue weighted by molar-refractivity contribution is 0.505. The molecule has 11 aromatic rings. The van der Waals surface area contributed by atoms with Crippen molar-refractivity contribution in [2.24, 2.45) is 0 Å². The molecule has 0 atom stereocenters. The third-order valence-electron chi connectivity index (χ3n) is 9.66. The minimum Gasteiger partial charge on any atom is -0.312 e. The monoisotopic (exact) mass is 963 g/mol. The third-order valence-corrected chi connectivity index (χ3v) is 9.66. The van der Waals surface area contributed by atoms with Gasteiger partial charge in [0.15, 0.2) is 0 Å². The lowest BCUT2D eigenvalue weighted by atomic mass is 9.95. The van der Waals surface area contributed by atoms with Crippen LogP contribution in [-0.4, -0.2) is 156 Å². The summed E-state index contributed by atoms with van der Waals surface area (Å²) in [6, 6.07) is 69.3. The summed E-state index contributed by atoms with van der Waals surface area (Å²) in [5.74, 6) is 0. The number of benzene rings is 11. The van der Waals surface area contributed by atoms with E-state index < -0.39 is 0 Å². The predicted octanol–water partition coefficient (Wildman–Crippen LogP) is 14.8. The van der Waals surface area contributed by atoms with Crippen molar-refractivity contribution in [3.05, 3.63) is 194 Å². The van der Waals surface area contributed by atoms with Crippen molar-refractivity contribution in [1.29, 1.82) is 0 Å². The zero-order chi connectivity index (χ0) is 53.3. The van der Waals surface area contributed by atoms with E-state index in [4.69, 9.17) is 0 Å². The van der Waals surface area contributed by atoms with Crippen molar-refractivity contribution >= 4 is 86.2 Å². The molecule has 0 heterocycles. The summed E-state index contributed by atoms with van der Waals surface area (Å²) in [7, 11) is 36.0. The molecule has 0 amide bonds. The van der Waals surface area contributed by atoms with Gasteiger partial charge in [0.1, 0.15) is 0 Å². The molecule has 11 rings (SSSR count). The first kappa shape index (κ1) is 59.8. The van der Waals surface area contributed by atoms with E-state index in [1.165, 1.54) is 86.2 Å². The molecule has 0 saturated carbocycles. The number of hydrogen-bond acceptors (Lipinski definition) is 6.